The Morgan fingerprint density at radius 3 is 2.58 bits per heavy atom. The number of carbonyl (C=O) groups excluding carboxylic acids is 1. The van der Waals surface area contributed by atoms with Crippen molar-refractivity contribution in [1.82, 2.24) is 19.2 Å². The summed E-state index contributed by atoms with van der Waals surface area (Å²) in [5.41, 5.74) is 1.91. The number of H-pyrrole nitrogens is 1. The zero-order valence-corrected chi connectivity index (χ0v) is 15.7. The number of para-hydroxylation sites is 2. The number of benzene rings is 1. The number of rotatable bonds is 3. The van der Waals surface area contributed by atoms with Gasteiger partial charge in [0.25, 0.3) is 0 Å². The van der Waals surface area contributed by atoms with Crippen LogP contribution in [-0.2, 0) is 14.8 Å². The molecule has 1 N–H and O–H groups in total. The Labute approximate surface area is 153 Å². The van der Waals surface area contributed by atoms with Crippen molar-refractivity contribution < 1.29 is 13.2 Å². The van der Waals surface area contributed by atoms with Gasteiger partial charge in [0.05, 0.1) is 23.3 Å². The summed E-state index contributed by atoms with van der Waals surface area (Å²) in [4.78, 5) is 23.1. The van der Waals surface area contributed by atoms with Crippen molar-refractivity contribution >= 4 is 27.0 Å². The second-order valence-corrected chi connectivity index (χ2v) is 9.25. The van der Waals surface area contributed by atoms with Gasteiger partial charge in [-0.1, -0.05) is 12.1 Å². The minimum Gasteiger partial charge on any atom is -0.340 e. The van der Waals surface area contributed by atoms with Crippen LogP contribution in [-0.4, -0.2) is 59.4 Å². The Bertz CT molecular complexity index is 882. The first kappa shape index (κ1) is 17.5. The summed E-state index contributed by atoms with van der Waals surface area (Å²) in [6.45, 7) is 1.60. The van der Waals surface area contributed by atoms with Crippen molar-refractivity contribution in [2.75, 3.05) is 25.9 Å². The number of hydrogen-bond donors (Lipinski definition) is 1. The van der Waals surface area contributed by atoms with E-state index in [9.17, 15) is 13.2 Å². The average molecular weight is 376 g/mol. The van der Waals surface area contributed by atoms with E-state index in [1.165, 1.54) is 10.6 Å². The number of nitrogens with one attached hydrogen (secondary N) is 1. The topological polar surface area (TPSA) is 86.4 Å². The number of imidazole rings is 1. The molecule has 0 saturated carbocycles. The van der Waals surface area contributed by atoms with E-state index in [-0.39, 0.29) is 17.9 Å². The first-order valence-electron chi connectivity index (χ1n) is 9.14. The maximum atomic E-state index is 13.1. The maximum absolute atomic E-state index is 13.1. The quantitative estimate of drug-likeness (QED) is 0.886. The first-order chi connectivity index (χ1) is 12.4. The third-order valence-corrected chi connectivity index (χ3v) is 6.83. The lowest BCUT2D eigenvalue weighted by Gasteiger charge is -2.33. The lowest BCUT2D eigenvalue weighted by atomic mass is 9.96. The molecule has 2 aliphatic heterocycles. The van der Waals surface area contributed by atoms with E-state index in [1.54, 1.807) is 0 Å². The molecule has 3 heterocycles. The summed E-state index contributed by atoms with van der Waals surface area (Å²) in [5, 5.41) is 0. The number of nitrogens with zero attached hydrogens (tertiary/aromatic N) is 3. The van der Waals surface area contributed by atoms with Crippen LogP contribution in [0.2, 0.25) is 0 Å². The Morgan fingerprint density at radius 1 is 1.15 bits per heavy atom. The van der Waals surface area contributed by atoms with E-state index in [0.29, 0.717) is 25.9 Å². The molecule has 0 unspecified atom stereocenters. The first-order valence-corrected chi connectivity index (χ1v) is 11.0. The van der Waals surface area contributed by atoms with Gasteiger partial charge in [0.15, 0.2) is 0 Å². The van der Waals surface area contributed by atoms with Crippen molar-refractivity contribution in [2.24, 2.45) is 5.92 Å². The van der Waals surface area contributed by atoms with Crippen LogP contribution < -0.4 is 0 Å². The Morgan fingerprint density at radius 2 is 1.88 bits per heavy atom. The molecule has 2 saturated heterocycles. The monoisotopic (exact) mass is 376 g/mol. The third kappa shape index (κ3) is 3.23. The van der Waals surface area contributed by atoms with E-state index in [0.717, 1.165) is 36.2 Å². The summed E-state index contributed by atoms with van der Waals surface area (Å²) in [5.74, 6) is 0.893. The van der Waals surface area contributed by atoms with Gasteiger partial charge < -0.3 is 9.88 Å². The predicted molar refractivity (Wildman–Crippen MR) is 98.9 cm³/mol. The van der Waals surface area contributed by atoms with Gasteiger partial charge in [0.1, 0.15) is 5.82 Å². The largest absolute Gasteiger partial charge is 0.340 e. The second-order valence-electron chi connectivity index (χ2n) is 7.27. The van der Waals surface area contributed by atoms with E-state index in [4.69, 9.17) is 0 Å². The van der Waals surface area contributed by atoms with Crippen LogP contribution >= 0.6 is 0 Å². The fourth-order valence-corrected chi connectivity index (χ4v) is 4.99. The molecular weight excluding hydrogens is 352 g/mol. The summed E-state index contributed by atoms with van der Waals surface area (Å²) >= 11 is 0. The summed E-state index contributed by atoms with van der Waals surface area (Å²) in [6.07, 6.45) is 4.29. The molecule has 1 atom stereocenters. The molecule has 0 radical (unpaired) electrons. The molecule has 2 aliphatic rings. The molecule has 4 rings (SSSR count). The van der Waals surface area contributed by atoms with Gasteiger partial charge in [-0.05, 0) is 37.8 Å². The van der Waals surface area contributed by atoms with Gasteiger partial charge in [-0.3, -0.25) is 4.79 Å². The molecule has 140 valence electrons. The summed E-state index contributed by atoms with van der Waals surface area (Å²) < 4.78 is 24.8. The Hall–Kier alpha value is -1.93. The molecular formula is C18H24N4O3S. The third-order valence-electron chi connectivity index (χ3n) is 5.53. The van der Waals surface area contributed by atoms with Crippen LogP contribution in [0.1, 0.15) is 37.5 Å². The zero-order chi connectivity index (χ0) is 18.3. The maximum Gasteiger partial charge on any atom is 0.226 e. The number of aromatic nitrogens is 2. The molecule has 1 aromatic carbocycles. The highest BCUT2D eigenvalue weighted by Crippen LogP contribution is 2.34. The minimum atomic E-state index is -3.17. The number of aromatic amines is 1. The number of carbonyl (C=O) groups is 1. The highest BCUT2D eigenvalue weighted by molar-refractivity contribution is 7.88. The fraction of sp³-hybridized carbons (Fsp3) is 0.556. The molecule has 1 aromatic heterocycles. The highest BCUT2D eigenvalue weighted by Gasteiger charge is 2.37. The standard InChI is InChI=1S/C18H24N4O3S/c1-26(24,25)21-11-8-13(9-12-21)18(23)22-10-4-7-16(22)17-19-14-5-2-3-6-15(14)20-17/h2-3,5-6,13,16H,4,7-12H2,1H3,(H,19,20)/t16-/m1/s1. The van der Waals surface area contributed by atoms with Crippen molar-refractivity contribution in [3.8, 4) is 0 Å². The molecule has 26 heavy (non-hydrogen) atoms. The fourth-order valence-electron chi connectivity index (χ4n) is 4.11. The Kier molecular flexibility index (Phi) is 4.48. The van der Waals surface area contributed by atoms with Crippen LogP contribution in [0.15, 0.2) is 24.3 Å². The SMILES string of the molecule is CS(=O)(=O)N1CCC(C(=O)N2CCC[C@@H]2c2nc3ccccc3[nH]2)CC1. The number of piperidine rings is 1. The van der Waals surface area contributed by atoms with Crippen molar-refractivity contribution in [3.05, 3.63) is 30.1 Å². The van der Waals surface area contributed by atoms with E-state index in [1.807, 2.05) is 29.2 Å². The van der Waals surface area contributed by atoms with Crippen LogP contribution in [0, 0.1) is 5.92 Å². The van der Waals surface area contributed by atoms with Gasteiger partial charge in [-0.25, -0.2) is 17.7 Å². The van der Waals surface area contributed by atoms with Crippen molar-refractivity contribution in [3.63, 3.8) is 0 Å². The number of amides is 1. The van der Waals surface area contributed by atoms with Gasteiger partial charge in [0, 0.05) is 25.6 Å². The number of likely N-dealkylation sites (tertiary alicyclic amines) is 1. The van der Waals surface area contributed by atoms with E-state index >= 15 is 0 Å². The molecule has 1 amide bonds. The molecule has 7 nitrogen and oxygen atoms in total. The van der Waals surface area contributed by atoms with Crippen LogP contribution in [0.4, 0.5) is 0 Å². The smallest absolute Gasteiger partial charge is 0.226 e. The van der Waals surface area contributed by atoms with E-state index in [2.05, 4.69) is 9.97 Å². The lowest BCUT2D eigenvalue weighted by molar-refractivity contribution is -0.137. The molecule has 0 aliphatic carbocycles. The van der Waals surface area contributed by atoms with Crippen molar-refractivity contribution in [2.45, 2.75) is 31.7 Å². The van der Waals surface area contributed by atoms with Gasteiger partial charge in [-0.2, -0.15) is 0 Å². The number of hydrogen-bond acceptors (Lipinski definition) is 4. The number of fused-ring (bicyclic) bond motifs is 1. The van der Waals surface area contributed by atoms with Crippen molar-refractivity contribution in [1.29, 1.82) is 0 Å². The zero-order valence-electron chi connectivity index (χ0n) is 14.9. The van der Waals surface area contributed by atoms with E-state index < -0.39 is 10.0 Å². The minimum absolute atomic E-state index is 0.0113. The molecule has 8 heteroatoms. The van der Waals surface area contributed by atoms with Gasteiger partial charge in [-0.15, -0.1) is 0 Å². The van der Waals surface area contributed by atoms with Gasteiger partial charge in [0.2, 0.25) is 15.9 Å². The number of sulfonamides is 1. The predicted octanol–water partition coefficient (Wildman–Crippen LogP) is 1.90. The molecule has 0 spiro atoms. The second kappa shape index (κ2) is 6.66. The molecule has 2 fully saturated rings. The molecule has 0 bridgehead atoms. The van der Waals surface area contributed by atoms with Crippen LogP contribution in [0.3, 0.4) is 0 Å². The summed E-state index contributed by atoms with van der Waals surface area (Å²) in [7, 11) is -3.17. The molecule has 2 aromatic rings. The van der Waals surface area contributed by atoms with Gasteiger partial charge >= 0.3 is 0 Å². The highest BCUT2D eigenvalue weighted by atomic mass is 32.2. The van der Waals surface area contributed by atoms with Crippen LogP contribution in [0.5, 0.6) is 0 Å². The van der Waals surface area contributed by atoms with Crippen LogP contribution in [0.25, 0.3) is 11.0 Å². The Balaban J connectivity index is 1.49. The average Bonchev–Trinajstić information content (AvgIpc) is 3.26. The lowest BCUT2D eigenvalue weighted by Crippen LogP contribution is -2.44. The normalized spacial score (nSPS) is 23.0. The summed E-state index contributed by atoms with van der Waals surface area (Å²) in [6, 6.07) is 7.88.